The van der Waals surface area contributed by atoms with Crippen molar-refractivity contribution in [1.82, 2.24) is 4.90 Å². The lowest BCUT2D eigenvalue weighted by Crippen LogP contribution is -2.27. The van der Waals surface area contributed by atoms with Gasteiger partial charge in [0.15, 0.2) is 0 Å². The van der Waals surface area contributed by atoms with Crippen molar-refractivity contribution in [3.05, 3.63) is 70.2 Å². The number of nitrogens with zero attached hydrogens (tertiary/aromatic N) is 1. The second-order valence-electron chi connectivity index (χ2n) is 4.64. The number of carbonyl (C=O) groups is 2. The number of hydrogen-bond acceptors (Lipinski definition) is 2. The zero-order valence-corrected chi connectivity index (χ0v) is 12.2. The van der Waals surface area contributed by atoms with Crippen LogP contribution in [0.25, 0.3) is 0 Å². The van der Waals surface area contributed by atoms with E-state index in [2.05, 4.69) is 0 Å². The summed E-state index contributed by atoms with van der Waals surface area (Å²) in [5.41, 5.74) is 1.06. The first-order valence-electron chi connectivity index (χ1n) is 6.31. The average molecular weight is 304 g/mol. The van der Waals surface area contributed by atoms with Gasteiger partial charge in [-0.1, -0.05) is 35.9 Å². The van der Waals surface area contributed by atoms with Crippen molar-refractivity contribution in [2.75, 3.05) is 7.05 Å². The Morgan fingerprint density at radius 1 is 1.10 bits per heavy atom. The number of aromatic carboxylic acids is 1. The average Bonchev–Trinajstić information content (AvgIpc) is 2.46. The molecule has 0 aromatic heterocycles. The van der Waals surface area contributed by atoms with E-state index in [9.17, 15) is 9.59 Å². The van der Waals surface area contributed by atoms with Gasteiger partial charge in [-0.3, -0.25) is 4.79 Å². The van der Waals surface area contributed by atoms with E-state index in [1.807, 2.05) is 6.07 Å². The van der Waals surface area contributed by atoms with Gasteiger partial charge in [0.25, 0.3) is 5.91 Å². The highest BCUT2D eigenvalue weighted by molar-refractivity contribution is 6.30. The van der Waals surface area contributed by atoms with Crippen LogP contribution in [0.2, 0.25) is 5.02 Å². The van der Waals surface area contributed by atoms with Gasteiger partial charge in [0.1, 0.15) is 0 Å². The molecule has 2 aromatic carbocycles. The van der Waals surface area contributed by atoms with Gasteiger partial charge in [0.2, 0.25) is 0 Å². The summed E-state index contributed by atoms with van der Waals surface area (Å²) in [6.45, 7) is 0.355. The molecule has 0 aliphatic heterocycles. The topological polar surface area (TPSA) is 57.6 Å². The van der Waals surface area contributed by atoms with Gasteiger partial charge in [-0.2, -0.15) is 0 Å². The Morgan fingerprint density at radius 3 is 2.38 bits per heavy atom. The second-order valence-corrected chi connectivity index (χ2v) is 5.08. The lowest BCUT2D eigenvalue weighted by Gasteiger charge is -2.18. The summed E-state index contributed by atoms with van der Waals surface area (Å²) in [4.78, 5) is 25.0. The maximum absolute atomic E-state index is 12.4. The normalized spacial score (nSPS) is 10.2. The molecule has 0 aliphatic carbocycles. The van der Waals surface area contributed by atoms with Crippen molar-refractivity contribution in [2.45, 2.75) is 6.54 Å². The second kappa shape index (κ2) is 6.41. The smallest absolute Gasteiger partial charge is 0.336 e. The van der Waals surface area contributed by atoms with Crippen molar-refractivity contribution >= 4 is 23.5 Å². The number of carbonyl (C=O) groups excluding carboxylic acids is 1. The Labute approximate surface area is 127 Å². The van der Waals surface area contributed by atoms with Crippen LogP contribution < -0.4 is 0 Å². The molecule has 0 saturated heterocycles. The molecule has 21 heavy (non-hydrogen) atoms. The highest BCUT2D eigenvalue weighted by Crippen LogP contribution is 2.15. The molecule has 1 amide bonds. The summed E-state index contributed by atoms with van der Waals surface area (Å²) in [6.07, 6.45) is 0. The number of carboxylic acid groups (broad SMARTS) is 1. The number of benzene rings is 2. The van der Waals surface area contributed by atoms with Gasteiger partial charge in [-0.25, -0.2) is 4.79 Å². The minimum Gasteiger partial charge on any atom is -0.478 e. The first kappa shape index (κ1) is 15.1. The lowest BCUT2D eigenvalue weighted by molar-refractivity contribution is 0.0680. The molecular weight excluding hydrogens is 290 g/mol. The molecule has 2 aromatic rings. The summed E-state index contributed by atoms with van der Waals surface area (Å²) >= 11 is 5.91. The standard InChI is InChI=1S/C16H14ClNO3/c1-18(10-11-5-4-6-12(17)9-11)15(19)13-7-2-3-8-14(13)16(20)21/h2-9H,10H2,1H3,(H,20,21). The monoisotopic (exact) mass is 303 g/mol. The maximum atomic E-state index is 12.4. The molecule has 0 aliphatic rings. The van der Waals surface area contributed by atoms with Crippen LogP contribution in [0.15, 0.2) is 48.5 Å². The van der Waals surface area contributed by atoms with Crippen molar-refractivity contribution in [1.29, 1.82) is 0 Å². The van der Waals surface area contributed by atoms with Crippen molar-refractivity contribution in [2.24, 2.45) is 0 Å². The molecule has 0 saturated carbocycles. The van der Waals surface area contributed by atoms with E-state index >= 15 is 0 Å². The number of rotatable bonds is 4. The van der Waals surface area contributed by atoms with Crippen LogP contribution in [0, 0.1) is 0 Å². The third-order valence-electron chi connectivity index (χ3n) is 3.04. The summed E-state index contributed by atoms with van der Waals surface area (Å²) in [7, 11) is 1.63. The molecule has 4 nitrogen and oxygen atoms in total. The van der Waals surface area contributed by atoms with Crippen LogP contribution in [0.1, 0.15) is 26.3 Å². The summed E-state index contributed by atoms with van der Waals surface area (Å²) in [6, 6.07) is 13.4. The van der Waals surface area contributed by atoms with E-state index in [1.165, 1.54) is 17.0 Å². The minimum absolute atomic E-state index is 0.000411. The molecule has 2 rings (SSSR count). The van der Waals surface area contributed by atoms with E-state index in [0.717, 1.165) is 5.56 Å². The Balaban J connectivity index is 2.22. The van der Waals surface area contributed by atoms with Crippen molar-refractivity contribution in [3.63, 3.8) is 0 Å². The fraction of sp³-hybridized carbons (Fsp3) is 0.125. The van der Waals surface area contributed by atoms with Gasteiger partial charge in [-0.05, 0) is 29.8 Å². The Bertz CT molecular complexity index is 685. The molecule has 0 spiro atoms. The molecule has 0 radical (unpaired) electrons. The highest BCUT2D eigenvalue weighted by atomic mass is 35.5. The predicted molar refractivity (Wildman–Crippen MR) is 80.7 cm³/mol. The molecule has 0 fully saturated rings. The predicted octanol–water partition coefficient (Wildman–Crippen LogP) is 3.31. The fourth-order valence-electron chi connectivity index (χ4n) is 2.04. The third-order valence-corrected chi connectivity index (χ3v) is 3.28. The number of carboxylic acids is 1. The molecule has 1 N–H and O–H groups in total. The Morgan fingerprint density at radius 2 is 1.76 bits per heavy atom. The van der Waals surface area contributed by atoms with Gasteiger partial charge in [0.05, 0.1) is 11.1 Å². The largest absolute Gasteiger partial charge is 0.478 e. The van der Waals surface area contributed by atoms with Crippen LogP contribution in [0.3, 0.4) is 0 Å². The number of halogens is 1. The van der Waals surface area contributed by atoms with E-state index < -0.39 is 5.97 Å². The van der Waals surface area contributed by atoms with Gasteiger partial charge in [0, 0.05) is 18.6 Å². The van der Waals surface area contributed by atoms with Crippen LogP contribution in [0.4, 0.5) is 0 Å². The van der Waals surface area contributed by atoms with Crippen LogP contribution in [-0.2, 0) is 6.54 Å². The molecule has 0 unspecified atom stereocenters. The van der Waals surface area contributed by atoms with E-state index in [-0.39, 0.29) is 17.0 Å². The van der Waals surface area contributed by atoms with Gasteiger partial charge in [-0.15, -0.1) is 0 Å². The third kappa shape index (κ3) is 3.61. The van der Waals surface area contributed by atoms with Crippen LogP contribution in [0.5, 0.6) is 0 Å². The molecule has 0 bridgehead atoms. The number of hydrogen-bond donors (Lipinski definition) is 1. The van der Waals surface area contributed by atoms with E-state index in [0.29, 0.717) is 11.6 Å². The minimum atomic E-state index is -1.12. The van der Waals surface area contributed by atoms with Crippen LogP contribution in [-0.4, -0.2) is 28.9 Å². The molecule has 5 heteroatoms. The summed E-state index contributed by atoms with van der Waals surface area (Å²) < 4.78 is 0. The van der Waals surface area contributed by atoms with Gasteiger partial charge >= 0.3 is 5.97 Å². The first-order valence-corrected chi connectivity index (χ1v) is 6.69. The molecule has 108 valence electrons. The molecular formula is C16H14ClNO3. The zero-order chi connectivity index (χ0) is 15.4. The molecule has 0 heterocycles. The van der Waals surface area contributed by atoms with Crippen molar-refractivity contribution < 1.29 is 14.7 Å². The van der Waals surface area contributed by atoms with Crippen LogP contribution >= 0.6 is 11.6 Å². The van der Waals surface area contributed by atoms with Gasteiger partial charge < -0.3 is 10.0 Å². The zero-order valence-electron chi connectivity index (χ0n) is 11.4. The quantitative estimate of drug-likeness (QED) is 0.942. The number of amides is 1. The lowest BCUT2D eigenvalue weighted by atomic mass is 10.1. The Kier molecular flexibility index (Phi) is 4.60. The summed E-state index contributed by atoms with van der Waals surface area (Å²) in [5, 5.41) is 9.73. The van der Waals surface area contributed by atoms with E-state index in [1.54, 1.807) is 37.4 Å². The summed E-state index contributed by atoms with van der Waals surface area (Å²) in [5.74, 6) is -1.46. The van der Waals surface area contributed by atoms with Crippen molar-refractivity contribution in [3.8, 4) is 0 Å². The molecule has 0 atom stereocenters. The van der Waals surface area contributed by atoms with E-state index in [4.69, 9.17) is 16.7 Å². The SMILES string of the molecule is CN(Cc1cccc(Cl)c1)C(=O)c1ccccc1C(=O)O. The Hall–Kier alpha value is -2.33. The maximum Gasteiger partial charge on any atom is 0.336 e. The fourth-order valence-corrected chi connectivity index (χ4v) is 2.26. The highest BCUT2D eigenvalue weighted by Gasteiger charge is 2.19. The first-order chi connectivity index (χ1) is 9.99.